The maximum absolute atomic E-state index is 13.0. The minimum Gasteiger partial charge on any atom is -0.366 e. The van der Waals surface area contributed by atoms with E-state index in [0.29, 0.717) is 6.07 Å². The van der Waals surface area contributed by atoms with Crippen LogP contribution in [0.4, 0.5) is 29.3 Å². The summed E-state index contributed by atoms with van der Waals surface area (Å²) in [7, 11) is 0. The highest BCUT2D eigenvalue weighted by atomic mass is 35.5. The molecule has 0 bridgehead atoms. The van der Waals surface area contributed by atoms with Crippen molar-refractivity contribution in [1.29, 1.82) is 0 Å². The predicted octanol–water partition coefficient (Wildman–Crippen LogP) is 4.34. The summed E-state index contributed by atoms with van der Waals surface area (Å²) in [6.07, 6.45) is -4.70. The number of nitrogens with one attached hydrogen (secondary N) is 1. The molecule has 0 saturated carbocycles. The van der Waals surface area contributed by atoms with Gasteiger partial charge >= 0.3 is 12.2 Å². The molecule has 5 nitrogen and oxygen atoms in total. The third kappa shape index (κ3) is 4.58. The maximum Gasteiger partial charge on any atom is 0.418 e. The smallest absolute Gasteiger partial charge is 0.366 e. The summed E-state index contributed by atoms with van der Waals surface area (Å²) >= 11 is 9.54. The van der Waals surface area contributed by atoms with Crippen LogP contribution in [0.25, 0.3) is 0 Å². The number of alkyl halides is 3. The fourth-order valence-corrected chi connectivity index (χ4v) is 2.27. The van der Waals surface area contributed by atoms with Gasteiger partial charge in [-0.2, -0.15) is 13.2 Å². The molecule has 0 aliphatic rings. The number of nitrogens with zero attached hydrogens (tertiary/aromatic N) is 1. The van der Waals surface area contributed by atoms with E-state index in [9.17, 15) is 22.8 Å². The second kappa shape index (κ2) is 7.24. The molecule has 2 rings (SSSR count). The molecule has 0 aliphatic carbocycles. The highest BCUT2D eigenvalue weighted by Gasteiger charge is 2.34. The van der Waals surface area contributed by atoms with Crippen LogP contribution in [-0.2, 0) is 6.18 Å². The third-order valence-corrected chi connectivity index (χ3v) is 3.77. The first-order valence-electron chi connectivity index (χ1n) is 6.66. The average Bonchev–Trinajstić information content (AvgIpc) is 2.54. The Balaban J connectivity index is 2.23. The van der Waals surface area contributed by atoms with Gasteiger partial charge < -0.3 is 11.1 Å². The molecule has 3 N–H and O–H groups in total. The Labute approximate surface area is 151 Å². The van der Waals surface area contributed by atoms with Gasteiger partial charge in [0.2, 0.25) is 5.91 Å². The minimum atomic E-state index is -4.70. The monoisotopic (exact) mass is 389 g/mol. The van der Waals surface area contributed by atoms with E-state index in [1.165, 1.54) is 30.3 Å². The van der Waals surface area contributed by atoms with Gasteiger partial charge in [-0.05, 0) is 42.5 Å². The van der Waals surface area contributed by atoms with Gasteiger partial charge in [0.1, 0.15) is 0 Å². The highest BCUT2D eigenvalue weighted by Crippen LogP contribution is 2.36. The van der Waals surface area contributed by atoms with Gasteiger partial charge in [0.25, 0.3) is 0 Å². The van der Waals surface area contributed by atoms with E-state index in [2.05, 4.69) is 18.1 Å². The normalized spacial score (nSPS) is 11.1. The van der Waals surface area contributed by atoms with E-state index in [0.717, 1.165) is 10.4 Å². The summed E-state index contributed by atoms with van der Waals surface area (Å²) in [4.78, 5) is 23.2. The first kappa shape index (κ1) is 18.9. The number of hydrogen-bond acceptors (Lipinski definition) is 3. The molecule has 0 heterocycles. The number of anilines is 2. The van der Waals surface area contributed by atoms with Gasteiger partial charge in [-0.3, -0.25) is 4.79 Å². The molecule has 0 spiro atoms. The lowest BCUT2D eigenvalue weighted by atomic mass is 10.1. The van der Waals surface area contributed by atoms with Crippen molar-refractivity contribution < 1.29 is 22.8 Å². The van der Waals surface area contributed by atoms with Crippen molar-refractivity contribution in [1.82, 2.24) is 0 Å². The number of carbonyl (C=O) groups is 2. The van der Waals surface area contributed by atoms with Crippen molar-refractivity contribution >= 4 is 47.7 Å². The van der Waals surface area contributed by atoms with Crippen LogP contribution in [0.2, 0.25) is 5.02 Å². The number of rotatable bonds is 3. The van der Waals surface area contributed by atoms with E-state index in [1.807, 2.05) is 0 Å². The van der Waals surface area contributed by atoms with E-state index < -0.39 is 29.4 Å². The Morgan fingerprint density at radius 3 is 2.24 bits per heavy atom. The number of primary amides is 1. The van der Waals surface area contributed by atoms with Gasteiger partial charge in [-0.1, -0.05) is 24.4 Å². The second-order valence-corrected chi connectivity index (χ2v) is 5.68. The van der Waals surface area contributed by atoms with Gasteiger partial charge in [0.15, 0.2) is 0 Å². The summed E-state index contributed by atoms with van der Waals surface area (Å²) in [6, 6.07) is 7.51. The van der Waals surface area contributed by atoms with Crippen LogP contribution in [0.1, 0.15) is 15.9 Å². The molecule has 0 fully saturated rings. The first-order valence-corrected chi connectivity index (χ1v) is 7.44. The minimum absolute atomic E-state index is 0.116. The molecule has 0 saturated heterocycles. The Morgan fingerprint density at radius 2 is 1.72 bits per heavy atom. The molecule has 3 amide bonds. The summed E-state index contributed by atoms with van der Waals surface area (Å²) in [6.45, 7) is 0. The summed E-state index contributed by atoms with van der Waals surface area (Å²) in [5.41, 5.74) is 4.00. The lowest BCUT2D eigenvalue weighted by molar-refractivity contribution is -0.136. The summed E-state index contributed by atoms with van der Waals surface area (Å²) in [5.74, 6) is -0.655. The molecular formula is C15H11ClF3N3O2S. The first-order chi connectivity index (χ1) is 11.6. The Bertz CT molecular complexity index is 813. The zero-order valence-electron chi connectivity index (χ0n) is 12.3. The number of amides is 3. The molecule has 0 aliphatic heterocycles. The van der Waals surface area contributed by atoms with Crippen LogP contribution in [-0.4, -0.2) is 11.9 Å². The number of urea groups is 1. The number of nitrogens with two attached hydrogens (primary N) is 1. The maximum atomic E-state index is 13.0. The average molecular weight is 390 g/mol. The second-order valence-electron chi connectivity index (χ2n) is 4.84. The van der Waals surface area contributed by atoms with Crippen molar-refractivity contribution in [3.8, 4) is 0 Å². The van der Waals surface area contributed by atoms with E-state index in [-0.39, 0.29) is 16.3 Å². The van der Waals surface area contributed by atoms with Crippen molar-refractivity contribution in [3.05, 3.63) is 58.6 Å². The van der Waals surface area contributed by atoms with Crippen LogP contribution in [0.5, 0.6) is 0 Å². The third-order valence-electron chi connectivity index (χ3n) is 3.12. The van der Waals surface area contributed by atoms with Crippen LogP contribution in [0.15, 0.2) is 42.5 Å². The van der Waals surface area contributed by atoms with Crippen LogP contribution >= 0.6 is 24.4 Å². The number of halogens is 4. The van der Waals surface area contributed by atoms with E-state index >= 15 is 0 Å². The Morgan fingerprint density at radius 1 is 1.12 bits per heavy atom. The molecule has 2 aromatic carbocycles. The summed E-state index contributed by atoms with van der Waals surface area (Å²) in [5, 5.41) is 2.00. The van der Waals surface area contributed by atoms with Crippen LogP contribution in [0, 0.1) is 0 Å². The lowest BCUT2D eigenvalue weighted by Gasteiger charge is -2.19. The Kier molecular flexibility index (Phi) is 5.48. The van der Waals surface area contributed by atoms with Crippen LogP contribution in [0.3, 0.4) is 0 Å². The SMILES string of the molecule is NC(=O)c1ccc(N(S)C(=O)Nc2ccc(Cl)cc2C(F)(F)F)cc1. The van der Waals surface area contributed by atoms with Crippen molar-refractivity contribution in [2.24, 2.45) is 5.73 Å². The molecule has 132 valence electrons. The predicted molar refractivity (Wildman–Crippen MR) is 91.9 cm³/mol. The lowest BCUT2D eigenvalue weighted by Crippen LogP contribution is -2.28. The fraction of sp³-hybridized carbons (Fsp3) is 0.0667. The van der Waals surface area contributed by atoms with Crippen molar-refractivity contribution in [2.75, 3.05) is 9.62 Å². The molecule has 25 heavy (non-hydrogen) atoms. The van der Waals surface area contributed by atoms with Gasteiger partial charge in [-0.25, -0.2) is 9.10 Å². The molecule has 10 heteroatoms. The van der Waals surface area contributed by atoms with E-state index in [4.69, 9.17) is 17.3 Å². The van der Waals surface area contributed by atoms with Gasteiger partial charge in [0.05, 0.1) is 16.9 Å². The number of benzene rings is 2. The number of carbonyl (C=O) groups excluding carboxylic acids is 2. The quantitative estimate of drug-likeness (QED) is 0.683. The largest absolute Gasteiger partial charge is 0.418 e. The van der Waals surface area contributed by atoms with Crippen molar-refractivity contribution in [2.45, 2.75) is 6.18 Å². The molecule has 2 aromatic rings. The van der Waals surface area contributed by atoms with Crippen molar-refractivity contribution in [3.63, 3.8) is 0 Å². The molecule has 0 atom stereocenters. The van der Waals surface area contributed by atoms with Crippen LogP contribution < -0.4 is 15.4 Å². The Hall–Kier alpha value is -2.39. The number of hydrogen-bond donors (Lipinski definition) is 3. The van der Waals surface area contributed by atoms with Gasteiger partial charge in [0, 0.05) is 10.6 Å². The summed E-state index contributed by atoms with van der Waals surface area (Å²) < 4.78 is 39.9. The zero-order chi connectivity index (χ0) is 18.8. The zero-order valence-corrected chi connectivity index (χ0v) is 14.0. The standard InChI is InChI=1S/C15H11ClF3N3O2S/c16-9-3-6-12(11(7-9)15(17,18)19)21-14(24)22(25)10-4-1-8(2-5-10)13(20)23/h1-7,25H,(H2,20,23)(H,21,24). The molecular weight excluding hydrogens is 379 g/mol. The topological polar surface area (TPSA) is 75.4 Å². The molecule has 0 aromatic heterocycles. The van der Waals surface area contributed by atoms with Gasteiger partial charge in [-0.15, -0.1) is 0 Å². The fourth-order valence-electron chi connectivity index (χ4n) is 1.91. The molecule has 0 radical (unpaired) electrons. The number of thiol groups is 1. The molecule has 0 unspecified atom stereocenters. The van der Waals surface area contributed by atoms with E-state index in [1.54, 1.807) is 0 Å². The highest BCUT2D eigenvalue weighted by molar-refractivity contribution is 7.82.